The number of fused-ring (bicyclic) bond motifs is 3. The van der Waals surface area contributed by atoms with Gasteiger partial charge < -0.3 is 9.84 Å². The largest absolute Gasteiger partial charge is 0.394 e. The van der Waals surface area contributed by atoms with E-state index in [1.807, 2.05) is 0 Å². The van der Waals surface area contributed by atoms with Gasteiger partial charge in [0.25, 0.3) is 0 Å². The molecule has 2 heteroatoms. The maximum Gasteiger partial charge on any atom is 0.0697 e. The van der Waals surface area contributed by atoms with Crippen LogP contribution in [-0.4, -0.2) is 24.9 Å². The average Bonchev–Trinajstić information content (AvgIpc) is 2.57. The molecule has 3 rings (SSSR count). The third kappa shape index (κ3) is 3.43. The van der Waals surface area contributed by atoms with Crippen LogP contribution in [0.5, 0.6) is 0 Å². The van der Waals surface area contributed by atoms with Crippen LogP contribution in [0.3, 0.4) is 0 Å². The summed E-state index contributed by atoms with van der Waals surface area (Å²) < 4.78 is 5.82. The van der Waals surface area contributed by atoms with Gasteiger partial charge in [-0.1, -0.05) is 27.7 Å². The molecular formula is C22H40O2. The first kappa shape index (κ1) is 18.7. The van der Waals surface area contributed by atoms with Crippen molar-refractivity contribution in [1.29, 1.82) is 0 Å². The molecule has 0 amide bonds. The van der Waals surface area contributed by atoms with Gasteiger partial charge in [0.15, 0.2) is 0 Å². The average molecular weight is 337 g/mol. The Morgan fingerprint density at radius 1 is 1.08 bits per heavy atom. The minimum Gasteiger partial charge on any atom is -0.394 e. The van der Waals surface area contributed by atoms with Crippen LogP contribution in [0.2, 0.25) is 0 Å². The first-order valence-corrected chi connectivity index (χ1v) is 10.7. The zero-order valence-electron chi connectivity index (χ0n) is 16.5. The van der Waals surface area contributed by atoms with Crippen LogP contribution in [0.4, 0.5) is 0 Å². The molecule has 0 spiro atoms. The predicted octanol–water partition coefficient (Wildman–Crippen LogP) is 5.15. The van der Waals surface area contributed by atoms with Crippen LogP contribution in [0.25, 0.3) is 0 Å². The van der Waals surface area contributed by atoms with Crippen molar-refractivity contribution >= 4 is 0 Å². The fourth-order valence-electron chi connectivity index (χ4n) is 6.88. The van der Waals surface area contributed by atoms with Crippen molar-refractivity contribution in [1.82, 2.24) is 0 Å². The van der Waals surface area contributed by atoms with Gasteiger partial charge in [-0.25, -0.2) is 0 Å². The van der Waals surface area contributed by atoms with E-state index >= 15 is 0 Å². The lowest BCUT2D eigenvalue weighted by Crippen LogP contribution is -2.53. The second-order valence-corrected chi connectivity index (χ2v) is 9.85. The van der Waals surface area contributed by atoms with Gasteiger partial charge in [-0.15, -0.1) is 0 Å². The monoisotopic (exact) mass is 336 g/mol. The van der Waals surface area contributed by atoms with E-state index in [9.17, 15) is 0 Å². The molecule has 0 heterocycles. The van der Waals surface area contributed by atoms with E-state index in [0.29, 0.717) is 17.9 Å². The molecule has 0 radical (unpaired) electrons. The summed E-state index contributed by atoms with van der Waals surface area (Å²) in [6.45, 7) is 11.5. The third-order valence-corrected chi connectivity index (χ3v) is 8.44. The number of hydrogen-bond donors (Lipinski definition) is 1. The van der Waals surface area contributed by atoms with Crippen LogP contribution in [-0.2, 0) is 4.74 Å². The minimum absolute atomic E-state index is 0.157. The SMILES string of the molecule is CC(C)[C@H]1CCC2C(CCC3C(COCCO)[C@@H](C)CC[C@]23C)C1. The van der Waals surface area contributed by atoms with Gasteiger partial charge >= 0.3 is 0 Å². The predicted molar refractivity (Wildman–Crippen MR) is 99.8 cm³/mol. The summed E-state index contributed by atoms with van der Waals surface area (Å²) in [7, 11) is 0. The molecule has 24 heavy (non-hydrogen) atoms. The van der Waals surface area contributed by atoms with Gasteiger partial charge in [-0.3, -0.25) is 0 Å². The van der Waals surface area contributed by atoms with Crippen molar-refractivity contribution in [3.8, 4) is 0 Å². The lowest BCUT2D eigenvalue weighted by atomic mass is 9.45. The molecule has 0 aromatic carbocycles. The van der Waals surface area contributed by atoms with Gasteiger partial charge in [0.05, 0.1) is 19.8 Å². The van der Waals surface area contributed by atoms with Crippen molar-refractivity contribution in [2.75, 3.05) is 19.8 Å². The minimum atomic E-state index is 0.157. The zero-order valence-corrected chi connectivity index (χ0v) is 16.5. The van der Waals surface area contributed by atoms with Crippen LogP contribution in [0, 0.1) is 46.8 Å². The Morgan fingerprint density at radius 3 is 2.54 bits per heavy atom. The number of aliphatic hydroxyl groups excluding tert-OH is 1. The molecule has 140 valence electrons. The summed E-state index contributed by atoms with van der Waals surface area (Å²) in [5.74, 6) is 6.11. The van der Waals surface area contributed by atoms with Gasteiger partial charge in [0, 0.05) is 0 Å². The fourth-order valence-corrected chi connectivity index (χ4v) is 6.88. The summed E-state index contributed by atoms with van der Waals surface area (Å²) in [6.07, 6.45) is 10.1. The Morgan fingerprint density at radius 2 is 1.83 bits per heavy atom. The number of rotatable bonds is 5. The Balaban J connectivity index is 1.72. The van der Waals surface area contributed by atoms with Crippen molar-refractivity contribution < 1.29 is 9.84 Å². The highest BCUT2D eigenvalue weighted by atomic mass is 16.5. The van der Waals surface area contributed by atoms with Gasteiger partial charge in [0.2, 0.25) is 0 Å². The summed E-state index contributed by atoms with van der Waals surface area (Å²) in [5.41, 5.74) is 0.546. The van der Waals surface area contributed by atoms with Crippen LogP contribution in [0.1, 0.15) is 72.6 Å². The van der Waals surface area contributed by atoms with E-state index in [0.717, 1.165) is 42.1 Å². The van der Waals surface area contributed by atoms with Crippen molar-refractivity contribution in [2.45, 2.75) is 72.6 Å². The standard InChI is InChI=1S/C22H40O2/c1-15(2)17-5-7-20-18(13-17)6-8-21-19(14-24-12-11-23)16(3)9-10-22(20,21)4/h15-21,23H,5-14H2,1-4H3/t16-,17-,18?,19?,20?,21?,22+/m0/s1. The highest BCUT2D eigenvalue weighted by molar-refractivity contribution is 5.03. The smallest absolute Gasteiger partial charge is 0.0697 e. The lowest BCUT2D eigenvalue weighted by molar-refractivity contribution is -0.122. The van der Waals surface area contributed by atoms with Crippen molar-refractivity contribution in [2.24, 2.45) is 46.8 Å². The van der Waals surface area contributed by atoms with Crippen molar-refractivity contribution in [3.63, 3.8) is 0 Å². The first-order valence-electron chi connectivity index (χ1n) is 10.7. The van der Waals surface area contributed by atoms with Gasteiger partial charge in [0.1, 0.15) is 0 Å². The van der Waals surface area contributed by atoms with Crippen LogP contribution >= 0.6 is 0 Å². The van der Waals surface area contributed by atoms with Crippen molar-refractivity contribution in [3.05, 3.63) is 0 Å². The fraction of sp³-hybridized carbons (Fsp3) is 1.00. The van der Waals surface area contributed by atoms with E-state index in [-0.39, 0.29) is 6.61 Å². The van der Waals surface area contributed by atoms with E-state index in [2.05, 4.69) is 27.7 Å². The Hall–Kier alpha value is -0.0800. The molecule has 3 saturated carbocycles. The number of ether oxygens (including phenoxy) is 1. The molecule has 0 aromatic heterocycles. The molecule has 1 N–H and O–H groups in total. The van der Waals surface area contributed by atoms with Crippen LogP contribution < -0.4 is 0 Å². The van der Waals surface area contributed by atoms with E-state index < -0.39 is 0 Å². The lowest BCUT2D eigenvalue weighted by Gasteiger charge is -2.60. The molecule has 7 atom stereocenters. The Bertz CT molecular complexity index is 407. The molecule has 0 saturated heterocycles. The quantitative estimate of drug-likeness (QED) is 0.704. The maximum absolute atomic E-state index is 9.04. The molecule has 3 fully saturated rings. The Labute approximate surface area is 149 Å². The highest BCUT2D eigenvalue weighted by Gasteiger charge is 2.54. The number of aliphatic hydroxyl groups is 1. The summed E-state index contributed by atoms with van der Waals surface area (Å²) in [5, 5.41) is 9.04. The van der Waals surface area contributed by atoms with E-state index in [4.69, 9.17) is 9.84 Å². The molecule has 4 unspecified atom stereocenters. The number of hydrogen-bond acceptors (Lipinski definition) is 2. The first-order chi connectivity index (χ1) is 11.5. The molecule has 0 bridgehead atoms. The summed E-state index contributed by atoms with van der Waals surface area (Å²) >= 11 is 0. The second-order valence-electron chi connectivity index (χ2n) is 9.85. The van der Waals surface area contributed by atoms with E-state index in [1.54, 1.807) is 0 Å². The molecule has 0 aromatic rings. The summed E-state index contributed by atoms with van der Waals surface area (Å²) in [6, 6.07) is 0. The third-order valence-electron chi connectivity index (χ3n) is 8.44. The Kier molecular flexibility index (Phi) is 5.97. The molecule has 3 aliphatic carbocycles. The van der Waals surface area contributed by atoms with Gasteiger partial charge in [-0.2, -0.15) is 0 Å². The van der Waals surface area contributed by atoms with E-state index in [1.165, 1.54) is 44.9 Å². The van der Waals surface area contributed by atoms with Crippen LogP contribution in [0.15, 0.2) is 0 Å². The molecular weight excluding hydrogens is 296 g/mol. The highest BCUT2D eigenvalue weighted by Crippen LogP contribution is 2.62. The summed E-state index contributed by atoms with van der Waals surface area (Å²) in [4.78, 5) is 0. The normalized spacial score (nSPS) is 45.8. The molecule has 2 nitrogen and oxygen atoms in total. The maximum atomic E-state index is 9.04. The second kappa shape index (κ2) is 7.66. The molecule has 3 aliphatic rings. The van der Waals surface area contributed by atoms with Gasteiger partial charge in [-0.05, 0) is 91.8 Å². The molecule has 0 aliphatic heterocycles. The topological polar surface area (TPSA) is 29.5 Å². The zero-order chi connectivity index (χ0) is 17.3.